The summed E-state index contributed by atoms with van der Waals surface area (Å²) in [7, 11) is 0. The van der Waals surface area contributed by atoms with Gasteiger partial charge in [-0.3, -0.25) is 4.79 Å². The van der Waals surface area contributed by atoms with E-state index in [-0.39, 0.29) is 30.1 Å². The van der Waals surface area contributed by atoms with Crippen LogP contribution in [-0.2, 0) is 28.9 Å². The van der Waals surface area contributed by atoms with Crippen LogP contribution in [0.25, 0.3) is 0 Å². The molecule has 5 rings (SSSR count). The number of carbonyl (C=O) groups excluding carboxylic acids is 1. The first kappa shape index (κ1) is 18.1. The van der Waals surface area contributed by atoms with Crippen LogP contribution in [0.1, 0.15) is 16.7 Å². The van der Waals surface area contributed by atoms with Crippen molar-refractivity contribution in [1.82, 2.24) is 4.90 Å². The summed E-state index contributed by atoms with van der Waals surface area (Å²) in [4.78, 5) is 15.7. The lowest BCUT2D eigenvalue weighted by Crippen LogP contribution is -2.53. The Kier molecular flexibility index (Phi) is 4.91. The third kappa shape index (κ3) is 3.83. The van der Waals surface area contributed by atoms with Gasteiger partial charge < -0.3 is 9.64 Å². The maximum Gasteiger partial charge on any atom is 0.229 e. The summed E-state index contributed by atoms with van der Waals surface area (Å²) in [5.74, 6) is 0.121. The maximum absolute atomic E-state index is 13.6. The van der Waals surface area contributed by atoms with Crippen molar-refractivity contribution in [2.45, 2.75) is 37.6 Å². The fourth-order valence-corrected chi connectivity index (χ4v) is 4.59. The summed E-state index contributed by atoms with van der Waals surface area (Å²) in [6.45, 7) is 0.634. The normalized spacial score (nSPS) is 25.5. The van der Waals surface area contributed by atoms with Gasteiger partial charge in [0.05, 0.1) is 18.1 Å². The highest BCUT2D eigenvalue weighted by atomic mass is 16.6. The van der Waals surface area contributed by atoms with Crippen LogP contribution in [0.5, 0.6) is 0 Å². The molecule has 0 radical (unpaired) electrons. The van der Waals surface area contributed by atoms with E-state index in [1.165, 1.54) is 11.1 Å². The predicted molar refractivity (Wildman–Crippen MR) is 113 cm³/mol. The molecule has 0 spiro atoms. The summed E-state index contributed by atoms with van der Waals surface area (Å²) in [5, 5.41) is 0. The highest BCUT2D eigenvalue weighted by Gasteiger charge is 2.59. The van der Waals surface area contributed by atoms with E-state index in [4.69, 9.17) is 4.74 Å². The van der Waals surface area contributed by atoms with Crippen LogP contribution in [0.3, 0.4) is 0 Å². The second-order valence-electron chi connectivity index (χ2n) is 8.07. The van der Waals surface area contributed by atoms with E-state index < -0.39 is 0 Å². The Balaban J connectivity index is 1.42. The van der Waals surface area contributed by atoms with Gasteiger partial charge in [-0.15, -0.1) is 0 Å². The molecule has 0 aromatic heterocycles. The van der Waals surface area contributed by atoms with Gasteiger partial charge in [-0.1, -0.05) is 91.0 Å². The summed E-state index contributed by atoms with van der Waals surface area (Å²) in [6.07, 6.45) is 1.75. The van der Waals surface area contributed by atoms with Gasteiger partial charge in [0.25, 0.3) is 0 Å². The molecule has 0 aliphatic carbocycles. The van der Waals surface area contributed by atoms with Gasteiger partial charge in [0, 0.05) is 6.54 Å². The van der Waals surface area contributed by atoms with Gasteiger partial charge in [0.15, 0.2) is 0 Å². The Hall–Kier alpha value is -2.91. The van der Waals surface area contributed by atoms with Crippen molar-refractivity contribution in [2.75, 3.05) is 0 Å². The van der Waals surface area contributed by atoms with Gasteiger partial charge >= 0.3 is 0 Å². The largest absolute Gasteiger partial charge is 0.366 e. The minimum absolute atomic E-state index is 0.0449. The molecule has 3 heteroatoms. The van der Waals surface area contributed by atoms with Crippen molar-refractivity contribution in [1.29, 1.82) is 0 Å². The summed E-state index contributed by atoms with van der Waals surface area (Å²) in [5.41, 5.74) is 3.61. The average Bonchev–Trinajstić information content (AvgIpc) is 3.56. The van der Waals surface area contributed by atoms with Gasteiger partial charge in [-0.05, 0) is 29.5 Å². The quantitative estimate of drug-likeness (QED) is 0.596. The zero-order chi connectivity index (χ0) is 19.6. The summed E-state index contributed by atoms with van der Waals surface area (Å²) >= 11 is 0. The first-order valence-corrected chi connectivity index (χ1v) is 10.4. The number of fused-ring (bicyclic) bond motifs is 1. The van der Waals surface area contributed by atoms with Crippen molar-refractivity contribution in [3.05, 3.63) is 108 Å². The Labute approximate surface area is 171 Å². The summed E-state index contributed by atoms with van der Waals surface area (Å²) in [6, 6.07) is 31.1. The lowest BCUT2D eigenvalue weighted by Gasteiger charge is -2.37. The van der Waals surface area contributed by atoms with Crippen LogP contribution in [0.15, 0.2) is 91.0 Å². The standard InChI is InChI=1S/C26H25NO2/c28-26-22(16-19-10-4-1-5-11-19)24-25(29-24)23(17-20-12-6-2-7-13-20)27(26)18-21-14-8-3-9-15-21/h1-15,22-25H,16-18H2/t22-,23+,24-,25+/m1/s1. The molecule has 2 aliphatic rings. The molecule has 0 bridgehead atoms. The smallest absolute Gasteiger partial charge is 0.229 e. The van der Waals surface area contributed by atoms with E-state index in [0.29, 0.717) is 6.54 Å². The van der Waals surface area contributed by atoms with Crippen molar-refractivity contribution < 1.29 is 9.53 Å². The molecule has 4 atom stereocenters. The minimum atomic E-state index is -0.0989. The molecule has 29 heavy (non-hydrogen) atoms. The fourth-order valence-electron chi connectivity index (χ4n) is 4.59. The molecule has 2 aliphatic heterocycles. The van der Waals surface area contributed by atoms with Crippen LogP contribution < -0.4 is 0 Å². The number of hydrogen-bond donors (Lipinski definition) is 0. The number of likely N-dealkylation sites (tertiary alicyclic amines) is 1. The Morgan fingerprint density at radius 3 is 1.76 bits per heavy atom. The number of epoxide rings is 1. The van der Waals surface area contributed by atoms with Crippen molar-refractivity contribution >= 4 is 5.91 Å². The number of piperidine rings is 1. The van der Waals surface area contributed by atoms with Crippen LogP contribution in [0.2, 0.25) is 0 Å². The molecule has 0 saturated carbocycles. The van der Waals surface area contributed by atoms with E-state index >= 15 is 0 Å². The molecule has 0 N–H and O–H groups in total. The third-order valence-corrected chi connectivity index (χ3v) is 6.12. The Bertz CT molecular complexity index is 958. The van der Waals surface area contributed by atoms with E-state index in [1.807, 2.05) is 42.5 Å². The van der Waals surface area contributed by atoms with Crippen LogP contribution in [0, 0.1) is 5.92 Å². The van der Waals surface area contributed by atoms with Crippen LogP contribution >= 0.6 is 0 Å². The molecule has 2 fully saturated rings. The average molecular weight is 383 g/mol. The number of hydrogen-bond acceptors (Lipinski definition) is 2. The third-order valence-electron chi connectivity index (χ3n) is 6.12. The zero-order valence-electron chi connectivity index (χ0n) is 16.4. The number of amides is 1. The van der Waals surface area contributed by atoms with Gasteiger partial charge in [-0.25, -0.2) is 0 Å². The predicted octanol–water partition coefficient (Wildman–Crippen LogP) is 4.27. The highest BCUT2D eigenvalue weighted by Crippen LogP contribution is 2.43. The molecular formula is C26H25NO2. The molecule has 2 saturated heterocycles. The molecule has 3 nitrogen and oxygen atoms in total. The molecule has 1 amide bonds. The Morgan fingerprint density at radius 1 is 0.655 bits per heavy atom. The monoisotopic (exact) mass is 383 g/mol. The fraction of sp³-hybridized carbons (Fsp3) is 0.269. The van der Waals surface area contributed by atoms with E-state index in [1.54, 1.807) is 0 Å². The first-order chi connectivity index (χ1) is 14.3. The van der Waals surface area contributed by atoms with Crippen molar-refractivity contribution in [3.63, 3.8) is 0 Å². The van der Waals surface area contributed by atoms with E-state index in [0.717, 1.165) is 18.4 Å². The molecule has 2 heterocycles. The lowest BCUT2D eigenvalue weighted by molar-refractivity contribution is -0.140. The van der Waals surface area contributed by atoms with Crippen LogP contribution in [0.4, 0.5) is 0 Å². The summed E-state index contributed by atoms with van der Waals surface area (Å²) < 4.78 is 6.12. The highest BCUT2D eigenvalue weighted by molar-refractivity contribution is 5.82. The van der Waals surface area contributed by atoms with Crippen LogP contribution in [-0.4, -0.2) is 29.1 Å². The van der Waals surface area contributed by atoms with Crippen molar-refractivity contribution in [3.8, 4) is 0 Å². The molecule has 0 unspecified atom stereocenters. The van der Waals surface area contributed by atoms with Gasteiger partial charge in [-0.2, -0.15) is 0 Å². The number of ether oxygens (including phenoxy) is 1. The maximum atomic E-state index is 13.6. The second kappa shape index (κ2) is 7.84. The van der Waals surface area contributed by atoms with Gasteiger partial charge in [0.1, 0.15) is 6.10 Å². The van der Waals surface area contributed by atoms with E-state index in [9.17, 15) is 4.79 Å². The zero-order valence-corrected chi connectivity index (χ0v) is 16.4. The van der Waals surface area contributed by atoms with Gasteiger partial charge in [0.2, 0.25) is 5.91 Å². The minimum Gasteiger partial charge on any atom is -0.366 e. The number of benzene rings is 3. The Morgan fingerprint density at radius 2 is 1.17 bits per heavy atom. The van der Waals surface area contributed by atoms with E-state index in [2.05, 4.69) is 53.4 Å². The molecule has 3 aromatic rings. The first-order valence-electron chi connectivity index (χ1n) is 10.4. The lowest BCUT2D eigenvalue weighted by atomic mass is 9.85. The van der Waals surface area contributed by atoms with Crippen molar-refractivity contribution in [2.24, 2.45) is 5.92 Å². The second-order valence-corrected chi connectivity index (χ2v) is 8.07. The number of rotatable bonds is 6. The number of carbonyl (C=O) groups is 1. The SMILES string of the molecule is O=C1[C@H](Cc2ccccc2)[C@H]2O[C@H]2[C@H](Cc2ccccc2)N1Cc1ccccc1. The molecule has 3 aromatic carbocycles. The molecular weight excluding hydrogens is 358 g/mol. The topological polar surface area (TPSA) is 32.8 Å². The number of nitrogens with zero attached hydrogens (tertiary/aromatic N) is 1. The molecule has 146 valence electrons.